The van der Waals surface area contributed by atoms with Crippen LogP contribution in [0.4, 0.5) is 5.69 Å². The molecule has 0 saturated heterocycles. The Hall–Kier alpha value is -2.83. The number of nitro groups is 1. The Morgan fingerprint density at radius 2 is 1.90 bits per heavy atom. The first kappa shape index (κ1) is 13.6. The lowest BCUT2D eigenvalue weighted by molar-refractivity contribution is -0.385. The number of aromatic nitrogens is 2. The van der Waals surface area contributed by atoms with Gasteiger partial charge in [-0.25, -0.2) is 9.97 Å². The summed E-state index contributed by atoms with van der Waals surface area (Å²) in [6.45, 7) is 3.47. The van der Waals surface area contributed by atoms with Crippen LogP contribution in [0.2, 0.25) is 0 Å². The monoisotopic (exact) mass is 273 g/mol. The van der Waals surface area contributed by atoms with Crippen LogP contribution in [-0.4, -0.2) is 21.2 Å². The number of nitrogens with zero attached hydrogens (tertiary/aromatic N) is 3. The molecule has 1 aromatic heterocycles. The lowest BCUT2D eigenvalue weighted by Gasteiger charge is -2.08. The van der Waals surface area contributed by atoms with Crippen molar-refractivity contribution in [3.05, 3.63) is 51.3 Å². The molecular weight excluding hydrogens is 262 g/mol. The van der Waals surface area contributed by atoms with Crippen molar-refractivity contribution >= 4 is 12.0 Å². The Labute approximate surface area is 114 Å². The summed E-state index contributed by atoms with van der Waals surface area (Å²) in [7, 11) is 0. The lowest BCUT2D eigenvalue weighted by Crippen LogP contribution is -1.99. The second-order valence-electron chi connectivity index (χ2n) is 4.21. The minimum atomic E-state index is -0.519. The Kier molecular flexibility index (Phi) is 3.69. The van der Waals surface area contributed by atoms with E-state index in [1.54, 1.807) is 19.9 Å². The van der Waals surface area contributed by atoms with Gasteiger partial charge in [-0.15, -0.1) is 0 Å². The van der Waals surface area contributed by atoms with E-state index >= 15 is 0 Å². The van der Waals surface area contributed by atoms with Crippen molar-refractivity contribution in [1.29, 1.82) is 0 Å². The van der Waals surface area contributed by atoms with Gasteiger partial charge in [-0.1, -0.05) is 6.07 Å². The second-order valence-corrected chi connectivity index (χ2v) is 4.21. The molecule has 0 aliphatic rings. The molecule has 0 spiro atoms. The molecule has 102 valence electrons. The molecule has 7 nitrogen and oxygen atoms in total. The van der Waals surface area contributed by atoms with Crippen LogP contribution in [0.15, 0.2) is 24.5 Å². The van der Waals surface area contributed by atoms with Crippen molar-refractivity contribution in [2.75, 3.05) is 0 Å². The van der Waals surface area contributed by atoms with Crippen LogP contribution in [0.25, 0.3) is 0 Å². The van der Waals surface area contributed by atoms with Crippen LogP contribution >= 0.6 is 0 Å². The van der Waals surface area contributed by atoms with Crippen LogP contribution in [0, 0.1) is 24.0 Å². The van der Waals surface area contributed by atoms with Crippen molar-refractivity contribution in [3.8, 4) is 11.8 Å². The smallest absolute Gasteiger partial charge is 0.322 e. The number of nitro benzene ring substituents is 1. The fourth-order valence-corrected chi connectivity index (χ4v) is 1.73. The molecule has 0 N–H and O–H groups in total. The summed E-state index contributed by atoms with van der Waals surface area (Å²) in [4.78, 5) is 28.7. The predicted octanol–water partition coefficient (Wildman–Crippen LogP) is 2.61. The van der Waals surface area contributed by atoms with E-state index in [1.807, 2.05) is 0 Å². The van der Waals surface area contributed by atoms with Crippen LogP contribution in [0.3, 0.4) is 0 Å². The topological polar surface area (TPSA) is 95.2 Å². The Morgan fingerprint density at radius 1 is 1.25 bits per heavy atom. The molecule has 0 aliphatic carbocycles. The van der Waals surface area contributed by atoms with Gasteiger partial charge in [-0.2, -0.15) is 0 Å². The molecule has 0 unspecified atom stereocenters. The standard InChI is InChI=1S/C13H11N3O4/c1-8-3-9(2)12(11(4-8)16(18)19)20-13-14-5-10(7-17)6-15-13/h3-7H,1-2H3. The second kappa shape index (κ2) is 5.43. The highest BCUT2D eigenvalue weighted by Crippen LogP contribution is 2.34. The minimum Gasteiger partial charge on any atom is -0.417 e. The zero-order chi connectivity index (χ0) is 14.7. The van der Waals surface area contributed by atoms with Crippen molar-refractivity contribution in [1.82, 2.24) is 9.97 Å². The number of aldehydes is 1. The number of hydrogen-bond acceptors (Lipinski definition) is 6. The number of benzene rings is 1. The summed E-state index contributed by atoms with van der Waals surface area (Å²) in [5, 5.41) is 11.1. The number of carbonyl (C=O) groups is 1. The Morgan fingerprint density at radius 3 is 2.45 bits per heavy atom. The van der Waals surface area contributed by atoms with Crippen molar-refractivity contribution in [3.63, 3.8) is 0 Å². The lowest BCUT2D eigenvalue weighted by atomic mass is 10.1. The number of ether oxygens (including phenoxy) is 1. The number of rotatable bonds is 4. The van der Waals surface area contributed by atoms with Gasteiger partial charge in [0.1, 0.15) is 0 Å². The zero-order valence-electron chi connectivity index (χ0n) is 10.9. The van der Waals surface area contributed by atoms with Crippen LogP contribution in [0.1, 0.15) is 21.5 Å². The first-order valence-electron chi connectivity index (χ1n) is 5.72. The van der Waals surface area contributed by atoms with E-state index in [2.05, 4.69) is 9.97 Å². The van der Waals surface area contributed by atoms with Gasteiger partial charge < -0.3 is 4.74 Å². The van der Waals surface area contributed by atoms with Crippen molar-refractivity contribution < 1.29 is 14.5 Å². The summed E-state index contributed by atoms with van der Waals surface area (Å²) in [5.74, 6) is 0.0967. The first-order valence-corrected chi connectivity index (χ1v) is 5.72. The van der Waals surface area contributed by atoms with E-state index in [4.69, 9.17) is 4.74 Å². The average molecular weight is 273 g/mol. The summed E-state index contributed by atoms with van der Waals surface area (Å²) in [6.07, 6.45) is 3.17. The maximum Gasteiger partial charge on any atom is 0.322 e. The average Bonchev–Trinajstić information content (AvgIpc) is 2.42. The molecule has 1 aromatic carbocycles. The predicted molar refractivity (Wildman–Crippen MR) is 70.1 cm³/mol. The van der Waals surface area contributed by atoms with E-state index in [9.17, 15) is 14.9 Å². The number of carbonyl (C=O) groups excluding carboxylic acids is 1. The van der Waals surface area contributed by atoms with Gasteiger partial charge in [0.25, 0.3) is 0 Å². The van der Waals surface area contributed by atoms with Crippen LogP contribution < -0.4 is 4.74 Å². The third-order valence-corrected chi connectivity index (χ3v) is 2.57. The van der Waals surface area contributed by atoms with Gasteiger partial charge in [0.05, 0.1) is 10.5 Å². The molecule has 0 amide bonds. The highest BCUT2D eigenvalue weighted by atomic mass is 16.6. The largest absolute Gasteiger partial charge is 0.417 e. The first-order chi connectivity index (χ1) is 9.51. The normalized spacial score (nSPS) is 10.1. The molecule has 2 aromatic rings. The summed E-state index contributed by atoms with van der Waals surface area (Å²) < 4.78 is 5.38. The van der Waals surface area contributed by atoms with Gasteiger partial charge in [0.15, 0.2) is 6.29 Å². The molecule has 20 heavy (non-hydrogen) atoms. The fraction of sp³-hybridized carbons (Fsp3) is 0.154. The van der Waals surface area contributed by atoms with E-state index in [0.717, 1.165) is 5.56 Å². The van der Waals surface area contributed by atoms with E-state index in [1.165, 1.54) is 18.5 Å². The van der Waals surface area contributed by atoms with Gasteiger partial charge in [-0.05, 0) is 25.0 Å². The molecular formula is C13H11N3O4. The summed E-state index contributed by atoms with van der Waals surface area (Å²) >= 11 is 0. The Balaban J connectivity index is 2.41. The van der Waals surface area contributed by atoms with Crippen molar-refractivity contribution in [2.45, 2.75) is 13.8 Å². The summed E-state index contributed by atoms with van der Waals surface area (Å²) in [6, 6.07) is 3.13. The SMILES string of the molecule is Cc1cc(C)c(Oc2ncc(C=O)cn2)c([N+](=O)[O-])c1. The Bertz CT molecular complexity index is 668. The van der Waals surface area contributed by atoms with Crippen molar-refractivity contribution in [2.24, 2.45) is 0 Å². The molecule has 2 rings (SSSR count). The van der Waals surface area contributed by atoms with Crippen LogP contribution in [0.5, 0.6) is 11.8 Å². The molecule has 1 heterocycles. The highest BCUT2D eigenvalue weighted by Gasteiger charge is 2.20. The summed E-state index contributed by atoms with van der Waals surface area (Å²) in [5.41, 5.74) is 1.52. The van der Waals surface area contributed by atoms with E-state index in [-0.39, 0.29) is 17.4 Å². The molecule has 7 heteroatoms. The highest BCUT2D eigenvalue weighted by molar-refractivity contribution is 5.73. The minimum absolute atomic E-state index is 0.0503. The van der Waals surface area contributed by atoms with Gasteiger partial charge >= 0.3 is 11.7 Å². The quantitative estimate of drug-likeness (QED) is 0.482. The third kappa shape index (κ3) is 2.77. The number of hydrogen-bond donors (Lipinski definition) is 0. The van der Waals surface area contributed by atoms with Gasteiger partial charge in [0, 0.05) is 18.5 Å². The van der Waals surface area contributed by atoms with Crippen LogP contribution in [-0.2, 0) is 0 Å². The third-order valence-electron chi connectivity index (χ3n) is 2.57. The van der Waals surface area contributed by atoms with E-state index < -0.39 is 4.92 Å². The fourth-order valence-electron chi connectivity index (χ4n) is 1.73. The van der Waals surface area contributed by atoms with Gasteiger partial charge in [-0.3, -0.25) is 14.9 Å². The van der Waals surface area contributed by atoms with E-state index in [0.29, 0.717) is 17.4 Å². The number of aryl methyl sites for hydroxylation is 2. The zero-order valence-corrected chi connectivity index (χ0v) is 10.9. The van der Waals surface area contributed by atoms with Gasteiger partial charge in [0.2, 0.25) is 5.75 Å². The molecule has 0 aliphatic heterocycles. The maximum atomic E-state index is 11.1. The maximum absolute atomic E-state index is 11.1. The molecule has 0 fully saturated rings. The molecule has 0 radical (unpaired) electrons. The molecule has 0 bridgehead atoms. The molecule has 0 saturated carbocycles. The molecule has 0 atom stereocenters.